The van der Waals surface area contributed by atoms with Gasteiger partial charge in [0.25, 0.3) is 5.91 Å². The topological polar surface area (TPSA) is 54.5 Å². The molecule has 1 aliphatic rings. The van der Waals surface area contributed by atoms with E-state index >= 15 is 0 Å². The van der Waals surface area contributed by atoms with E-state index in [2.05, 4.69) is 46.4 Å². The summed E-state index contributed by atoms with van der Waals surface area (Å²) in [6.45, 7) is 6.98. The Balaban J connectivity index is 1.74. The van der Waals surface area contributed by atoms with Crippen molar-refractivity contribution >= 4 is 11.7 Å². The first kappa shape index (κ1) is 17.4. The molecule has 3 rings (SSSR count). The minimum absolute atomic E-state index is 0.0591. The van der Waals surface area contributed by atoms with Crippen LogP contribution in [0.25, 0.3) is 0 Å². The van der Waals surface area contributed by atoms with Crippen LogP contribution in [-0.2, 0) is 11.2 Å². The van der Waals surface area contributed by atoms with Gasteiger partial charge in [-0.15, -0.1) is 0 Å². The second kappa shape index (κ2) is 8.12. The molecule has 5 nitrogen and oxygen atoms in total. The largest absolute Gasteiger partial charge is 0.378 e. The SMILES string of the molecule is CCc1ccc(C(C)NC(=O)c2cccnc2N2CCOCC2)cc1. The van der Waals surface area contributed by atoms with Gasteiger partial charge in [0, 0.05) is 19.3 Å². The van der Waals surface area contributed by atoms with Crippen molar-refractivity contribution in [1.29, 1.82) is 0 Å². The van der Waals surface area contributed by atoms with Gasteiger partial charge in [-0.25, -0.2) is 4.98 Å². The van der Waals surface area contributed by atoms with E-state index in [1.165, 1.54) is 5.56 Å². The van der Waals surface area contributed by atoms with Gasteiger partial charge in [-0.1, -0.05) is 31.2 Å². The van der Waals surface area contributed by atoms with Crippen LogP contribution in [0.3, 0.4) is 0 Å². The summed E-state index contributed by atoms with van der Waals surface area (Å²) in [5, 5.41) is 3.09. The molecule has 0 saturated carbocycles. The van der Waals surface area contributed by atoms with Gasteiger partial charge >= 0.3 is 0 Å². The van der Waals surface area contributed by atoms with Crippen molar-refractivity contribution in [2.75, 3.05) is 31.2 Å². The van der Waals surface area contributed by atoms with E-state index in [1.807, 2.05) is 13.0 Å². The summed E-state index contributed by atoms with van der Waals surface area (Å²) in [7, 11) is 0. The number of nitrogens with one attached hydrogen (secondary N) is 1. The maximum atomic E-state index is 12.8. The summed E-state index contributed by atoms with van der Waals surface area (Å²) < 4.78 is 5.39. The molecule has 0 aliphatic carbocycles. The Bertz CT molecular complexity index is 709. The Morgan fingerprint density at radius 3 is 2.64 bits per heavy atom. The molecule has 0 bridgehead atoms. The molecule has 1 saturated heterocycles. The summed E-state index contributed by atoms with van der Waals surface area (Å²) in [6, 6.07) is 12.0. The summed E-state index contributed by atoms with van der Waals surface area (Å²) in [6.07, 6.45) is 2.74. The van der Waals surface area contributed by atoms with Crippen LogP contribution in [-0.4, -0.2) is 37.2 Å². The first-order valence-corrected chi connectivity index (χ1v) is 8.86. The lowest BCUT2D eigenvalue weighted by atomic mass is 10.0. The molecule has 1 fully saturated rings. The van der Waals surface area contributed by atoms with Crippen molar-refractivity contribution in [2.45, 2.75) is 26.3 Å². The standard InChI is InChI=1S/C20H25N3O2/c1-3-16-6-8-17(9-7-16)15(2)22-20(24)18-5-4-10-21-19(18)23-11-13-25-14-12-23/h4-10,15H,3,11-14H2,1-2H3,(H,22,24). The number of hydrogen-bond acceptors (Lipinski definition) is 4. The van der Waals surface area contributed by atoms with Crippen LogP contribution >= 0.6 is 0 Å². The van der Waals surface area contributed by atoms with E-state index in [-0.39, 0.29) is 11.9 Å². The Morgan fingerprint density at radius 2 is 1.96 bits per heavy atom. The van der Waals surface area contributed by atoms with Crippen LogP contribution in [0.5, 0.6) is 0 Å². The number of nitrogens with zero attached hydrogens (tertiary/aromatic N) is 2. The molecular formula is C20H25N3O2. The van der Waals surface area contributed by atoms with Crippen molar-refractivity contribution in [3.05, 3.63) is 59.3 Å². The predicted molar refractivity (Wildman–Crippen MR) is 99.0 cm³/mol. The van der Waals surface area contributed by atoms with Gasteiger partial charge in [0.05, 0.1) is 24.8 Å². The normalized spacial score (nSPS) is 15.7. The Labute approximate surface area is 149 Å². The van der Waals surface area contributed by atoms with Gasteiger partial charge in [0.2, 0.25) is 0 Å². The highest BCUT2D eigenvalue weighted by Gasteiger charge is 2.21. The van der Waals surface area contributed by atoms with Gasteiger partial charge < -0.3 is 15.0 Å². The van der Waals surface area contributed by atoms with E-state index in [0.717, 1.165) is 30.9 Å². The fourth-order valence-electron chi connectivity index (χ4n) is 3.00. The Hall–Kier alpha value is -2.40. The lowest BCUT2D eigenvalue weighted by Crippen LogP contribution is -2.38. The van der Waals surface area contributed by atoms with Gasteiger partial charge in [-0.2, -0.15) is 0 Å². The molecule has 0 radical (unpaired) electrons. The number of morpholine rings is 1. The number of rotatable bonds is 5. The molecule has 1 atom stereocenters. The van der Waals surface area contributed by atoms with Crippen LogP contribution in [0, 0.1) is 0 Å². The summed E-state index contributed by atoms with van der Waals surface area (Å²) in [4.78, 5) is 19.4. The number of aryl methyl sites for hydroxylation is 1. The zero-order valence-corrected chi connectivity index (χ0v) is 14.9. The molecule has 2 aromatic rings. The monoisotopic (exact) mass is 339 g/mol. The summed E-state index contributed by atoms with van der Waals surface area (Å²) in [5.41, 5.74) is 3.01. The number of amides is 1. The van der Waals surface area contributed by atoms with Crippen LogP contribution in [0.15, 0.2) is 42.6 Å². The third-order valence-electron chi connectivity index (χ3n) is 4.58. The number of anilines is 1. The molecule has 1 aromatic heterocycles. The molecule has 0 spiro atoms. The van der Waals surface area contributed by atoms with Crippen LogP contribution in [0.1, 0.15) is 41.4 Å². The van der Waals surface area contributed by atoms with E-state index in [0.29, 0.717) is 18.8 Å². The van der Waals surface area contributed by atoms with Gasteiger partial charge in [-0.3, -0.25) is 4.79 Å². The van der Waals surface area contributed by atoms with Crippen molar-refractivity contribution in [3.63, 3.8) is 0 Å². The molecule has 5 heteroatoms. The Morgan fingerprint density at radius 1 is 1.24 bits per heavy atom. The van der Waals surface area contributed by atoms with Crippen molar-refractivity contribution in [2.24, 2.45) is 0 Å². The number of hydrogen-bond donors (Lipinski definition) is 1. The fourth-order valence-corrected chi connectivity index (χ4v) is 3.00. The highest BCUT2D eigenvalue weighted by atomic mass is 16.5. The van der Waals surface area contributed by atoms with Crippen molar-refractivity contribution in [3.8, 4) is 0 Å². The number of ether oxygens (including phenoxy) is 1. The Kier molecular flexibility index (Phi) is 5.66. The highest BCUT2D eigenvalue weighted by Crippen LogP contribution is 2.20. The fraction of sp³-hybridized carbons (Fsp3) is 0.400. The predicted octanol–water partition coefficient (Wildman–Crippen LogP) is 2.97. The van der Waals surface area contributed by atoms with E-state index < -0.39 is 0 Å². The number of pyridine rings is 1. The quantitative estimate of drug-likeness (QED) is 0.910. The average Bonchev–Trinajstić information content (AvgIpc) is 2.68. The molecule has 1 amide bonds. The molecule has 1 unspecified atom stereocenters. The van der Waals surface area contributed by atoms with Gasteiger partial charge in [0.1, 0.15) is 5.82 Å². The van der Waals surface area contributed by atoms with Crippen LogP contribution in [0.4, 0.5) is 5.82 Å². The highest BCUT2D eigenvalue weighted by molar-refractivity contribution is 5.99. The number of carbonyl (C=O) groups excluding carboxylic acids is 1. The zero-order chi connectivity index (χ0) is 17.6. The smallest absolute Gasteiger partial charge is 0.255 e. The lowest BCUT2D eigenvalue weighted by molar-refractivity contribution is 0.0938. The zero-order valence-electron chi connectivity index (χ0n) is 14.9. The lowest BCUT2D eigenvalue weighted by Gasteiger charge is -2.29. The molecule has 1 aliphatic heterocycles. The van der Waals surface area contributed by atoms with Crippen molar-refractivity contribution < 1.29 is 9.53 Å². The number of aromatic nitrogens is 1. The first-order chi connectivity index (χ1) is 12.2. The van der Waals surface area contributed by atoms with E-state index in [1.54, 1.807) is 12.3 Å². The third kappa shape index (κ3) is 4.17. The molecule has 2 heterocycles. The van der Waals surface area contributed by atoms with Crippen LogP contribution in [0.2, 0.25) is 0 Å². The average molecular weight is 339 g/mol. The molecule has 1 aromatic carbocycles. The maximum absolute atomic E-state index is 12.8. The minimum Gasteiger partial charge on any atom is -0.378 e. The minimum atomic E-state index is -0.0957. The number of benzene rings is 1. The molecule has 25 heavy (non-hydrogen) atoms. The molecule has 132 valence electrons. The number of carbonyl (C=O) groups is 1. The van der Waals surface area contributed by atoms with E-state index in [4.69, 9.17) is 4.74 Å². The maximum Gasteiger partial charge on any atom is 0.255 e. The summed E-state index contributed by atoms with van der Waals surface area (Å²) in [5.74, 6) is 0.637. The van der Waals surface area contributed by atoms with Gasteiger partial charge in [0.15, 0.2) is 0 Å². The first-order valence-electron chi connectivity index (χ1n) is 8.86. The third-order valence-corrected chi connectivity index (χ3v) is 4.58. The second-order valence-corrected chi connectivity index (χ2v) is 6.26. The van der Waals surface area contributed by atoms with E-state index in [9.17, 15) is 4.79 Å². The van der Waals surface area contributed by atoms with Crippen molar-refractivity contribution in [1.82, 2.24) is 10.3 Å². The molecule has 1 N–H and O–H groups in total. The molecular weight excluding hydrogens is 314 g/mol. The second-order valence-electron chi connectivity index (χ2n) is 6.26. The van der Waals surface area contributed by atoms with Crippen LogP contribution < -0.4 is 10.2 Å². The summed E-state index contributed by atoms with van der Waals surface area (Å²) >= 11 is 0. The van der Waals surface area contributed by atoms with Gasteiger partial charge in [-0.05, 0) is 36.6 Å².